The average Bonchev–Trinajstić information content (AvgIpc) is 2.91. The number of hydrogen-bond acceptors (Lipinski definition) is 5. The van der Waals surface area contributed by atoms with Crippen LogP contribution in [0, 0.1) is 17.0 Å². The van der Waals surface area contributed by atoms with Gasteiger partial charge in [-0.05, 0) is 24.6 Å². The van der Waals surface area contributed by atoms with Crippen LogP contribution in [0.3, 0.4) is 0 Å². The number of carbonyl (C=O) groups is 1. The molecule has 1 aromatic carbocycles. The van der Waals surface area contributed by atoms with Crippen molar-refractivity contribution < 1.29 is 23.2 Å². The first kappa shape index (κ1) is 15.4. The zero-order chi connectivity index (χ0) is 16.3. The normalized spacial score (nSPS) is 10.5. The Morgan fingerprint density at radius 3 is 2.86 bits per heavy atom. The van der Waals surface area contributed by atoms with Gasteiger partial charge in [0.15, 0.2) is 0 Å². The highest BCUT2D eigenvalue weighted by Crippen LogP contribution is 2.28. The van der Waals surface area contributed by atoms with Crippen molar-refractivity contribution in [3.8, 4) is 5.75 Å². The Hall–Kier alpha value is -3.04. The summed E-state index contributed by atoms with van der Waals surface area (Å²) in [5.41, 5.74) is -0.277. The third kappa shape index (κ3) is 3.34. The molecule has 0 spiro atoms. The van der Waals surface area contributed by atoms with Gasteiger partial charge in [-0.15, -0.1) is 0 Å². The third-order valence-corrected chi connectivity index (χ3v) is 2.64. The molecule has 0 atom stereocenters. The molecular formula is C12H10F2N4O4. The number of nitro groups is 1. The summed E-state index contributed by atoms with van der Waals surface area (Å²) >= 11 is 0. The number of ether oxygens (including phenoxy) is 1. The van der Waals surface area contributed by atoms with Gasteiger partial charge in [-0.3, -0.25) is 20.0 Å². The van der Waals surface area contributed by atoms with Gasteiger partial charge in [0, 0.05) is 0 Å². The van der Waals surface area contributed by atoms with Crippen molar-refractivity contribution in [2.75, 3.05) is 5.32 Å². The topological polar surface area (TPSA) is 110 Å². The highest BCUT2D eigenvalue weighted by molar-refractivity contribution is 6.06. The Bertz CT molecular complexity index is 717. The van der Waals surface area contributed by atoms with Crippen molar-refractivity contribution in [2.24, 2.45) is 0 Å². The highest BCUT2D eigenvalue weighted by Gasteiger charge is 2.24. The minimum atomic E-state index is -3.07. The molecular weight excluding hydrogens is 302 g/mol. The molecule has 0 unspecified atom stereocenters. The smallest absolute Gasteiger partial charge is 0.387 e. The van der Waals surface area contributed by atoms with Crippen LogP contribution in [0.15, 0.2) is 24.4 Å². The van der Waals surface area contributed by atoms with Crippen LogP contribution in [0.5, 0.6) is 5.75 Å². The number of anilines is 1. The predicted octanol–water partition coefficient (Wildman–Crippen LogP) is 2.48. The minimum Gasteiger partial charge on any atom is -0.433 e. The molecule has 0 aliphatic rings. The van der Waals surface area contributed by atoms with Crippen LogP contribution in [0.1, 0.15) is 16.1 Å². The molecule has 0 fully saturated rings. The van der Waals surface area contributed by atoms with E-state index in [1.807, 2.05) is 0 Å². The highest BCUT2D eigenvalue weighted by atomic mass is 19.3. The fourth-order valence-corrected chi connectivity index (χ4v) is 1.71. The van der Waals surface area contributed by atoms with E-state index in [4.69, 9.17) is 0 Å². The molecule has 2 rings (SSSR count). The van der Waals surface area contributed by atoms with Gasteiger partial charge >= 0.3 is 12.3 Å². The summed E-state index contributed by atoms with van der Waals surface area (Å²) in [5.74, 6) is -1.15. The predicted molar refractivity (Wildman–Crippen MR) is 71.0 cm³/mol. The molecule has 2 N–H and O–H groups in total. The summed E-state index contributed by atoms with van der Waals surface area (Å²) < 4.78 is 29.0. The monoisotopic (exact) mass is 312 g/mol. The van der Waals surface area contributed by atoms with Crippen molar-refractivity contribution in [1.82, 2.24) is 10.2 Å². The first-order valence-electron chi connectivity index (χ1n) is 5.93. The SMILES string of the molecule is Cc1ccc(OC(F)F)c(NC(=O)c2[nH]ncc2[N+](=O)[O-])c1. The van der Waals surface area contributed by atoms with Gasteiger partial charge in [0.1, 0.15) is 11.9 Å². The molecule has 0 bridgehead atoms. The number of aromatic amines is 1. The molecule has 2 aromatic rings. The number of nitrogens with zero attached hydrogens (tertiary/aromatic N) is 2. The van der Waals surface area contributed by atoms with Crippen molar-refractivity contribution in [3.05, 3.63) is 45.8 Å². The third-order valence-electron chi connectivity index (χ3n) is 2.64. The quantitative estimate of drug-likeness (QED) is 0.651. The number of nitrogens with one attached hydrogen (secondary N) is 2. The number of alkyl halides is 2. The minimum absolute atomic E-state index is 0.0332. The molecule has 1 aromatic heterocycles. The van der Waals surface area contributed by atoms with E-state index >= 15 is 0 Å². The lowest BCUT2D eigenvalue weighted by atomic mass is 10.2. The summed E-state index contributed by atoms with van der Waals surface area (Å²) in [6, 6.07) is 4.18. The maximum atomic E-state index is 12.3. The van der Waals surface area contributed by atoms with Crippen molar-refractivity contribution in [3.63, 3.8) is 0 Å². The maximum absolute atomic E-state index is 12.3. The number of halogens is 2. The molecule has 1 amide bonds. The van der Waals surface area contributed by atoms with E-state index in [0.29, 0.717) is 5.56 Å². The van der Waals surface area contributed by atoms with Crippen LogP contribution in [-0.2, 0) is 0 Å². The summed E-state index contributed by atoms with van der Waals surface area (Å²) in [4.78, 5) is 22.0. The van der Waals surface area contributed by atoms with E-state index in [0.717, 1.165) is 6.20 Å². The van der Waals surface area contributed by atoms with Crippen LogP contribution < -0.4 is 10.1 Å². The molecule has 10 heteroatoms. The fraction of sp³-hybridized carbons (Fsp3) is 0.167. The van der Waals surface area contributed by atoms with E-state index in [1.54, 1.807) is 6.92 Å². The van der Waals surface area contributed by atoms with Crippen molar-refractivity contribution in [2.45, 2.75) is 13.5 Å². The summed E-state index contributed by atoms with van der Waals surface area (Å²) in [7, 11) is 0. The number of rotatable bonds is 5. The van der Waals surface area contributed by atoms with E-state index in [1.165, 1.54) is 18.2 Å². The second-order valence-electron chi connectivity index (χ2n) is 4.22. The number of aromatic nitrogens is 2. The van der Waals surface area contributed by atoms with Crippen molar-refractivity contribution >= 4 is 17.3 Å². The lowest BCUT2D eigenvalue weighted by molar-refractivity contribution is -0.385. The zero-order valence-corrected chi connectivity index (χ0v) is 11.2. The standard InChI is InChI=1S/C12H10F2N4O4/c1-6-2-3-9(22-12(13)14)7(4-6)16-11(19)10-8(18(20)21)5-15-17-10/h2-5,12H,1H3,(H,15,17)(H,16,19). The summed E-state index contributed by atoms with van der Waals surface area (Å²) in [6.07, 6.45) is 0.877. The Morgan fingerprint density at radius 1 is 1.50 bits per heavy atom. The number of amides is 1. The van der Waals surface area contributed by atoms with Crippen LogP contribution in [-0.4, -0.2) is 27.6 Å². The first-order chi connectivity index (χ1) is 10.4. The van der Waals surface area contributed by atoms with Crippen LogP contribution in [0.2, 0.25) is 0 Å². The van der Waals surface area contributed by atoms with Crippen LogP contribution in [0.4, 0.5) is 20.2 Å². The molecule has 1 heterocycles. The number of hydrogen-bond donors (Lipinski definition) is 2. The summed E-state index contributed by atoms with van der Waals surface area (Å²) in [5, 5.41) is 18.6. The van der Waals surface area contributed by atoms with Crippen LogP contribution in [0.25, 0.3) is 0 Å². The summed E-state index contributed by atoms with van der Waals surface area (Å²) in [6.45, 7) is -1.39. The van der Waals surface area contributed by atoms with Gasteiger partial charge in [0.05, 0.1) is 10.6 Å². The molecule has 0 aliphatic heterocycles. The van der Waals surface area contributed by atoms with Gasteiger partial charge in [0.2, 0.25) is 5.69 Å². The lowest BCUT2D eigenvalue weighted by Gasteiger charge is -2.12. The van der Waals surface area contributed by atoms with Gasteiger partial charge < -0.3 is 10.1 Å². The Balaban J connectivity index is 2.29. The second-order valence-corrected chi connectivity index (χ2v) is 4.22. The molecule has 116 valence electrons. The van der Waals surface area contributed by atoms with Gasteiger partial charge in [-0.2, -0.15) is 13.9 Å². The molecule has 0 saturated carbocycles. The van der Waals surface area contributed by atoms with Gasteiger partial charge in [-0.25, -0.2) is 0 Å². The van der Waals surface area contributed by atoms with Crippen molar-refractivity contribution in [1.29, 1.82) is 0 Å². The number of carbonyl (C=O) groups excluding carboxylic acids is 1. The fourth-order valence-electron chi connectivity index (χ4n) is 1.71. The van der Waals surface area contributed by atoms with E-state index in [9.17, 15) is 23.7 Å². The number of H-pyrrole nitrogens is 1. The van der Waals surface area contributed by atoms with Crippen LogP contribution >= 0.6 is 0 Å². The molecule has 22 heavy (non-hydrogen) atoms. The Morgan fingerprint density at radius 2 is 2.23 bits per heavy atom. The number of aryl methyl sites for hydroxylation is 1. The molecule has 0 radical (unpaired) electrons. The Kier molecular flexibility index (Phi) is 4.30. The van der Waals surface area contributed by atoms with E-state index in [2.05, 4.69) is 20.3 Å². The average molecular weight is 312 g/mol. The van der Waals surface area contributed by atoms with Gasteiger partial charge in [0.25, 0.3) is 5.91 Å². The molecule has 0 aliphatic carbocycles. The second kappa shape index (κ2) is 6.16. The largest absolute Gasteiger partial charge is 0.433 e. The molecule has 0 saturated heterocycles. The molecule has 8 nitrogen and oxygen atoms in total. The number of benzene rings is 1. The first-order valence-corrected chi connectivity index (χ1v) is 5.93. The Labute approximate surface area is 122 Å². The van der Waals surface area contributed by atoms with E-state index < -0.39 is 28.8 Å². The maximum Gasteiger partial charge on any atom is 0.387 e. The lowest BCUT2D eigenvalue weighted by Crippen LogP contribution is -2.15. The van der Waals surface area contributed by atoms with E-state index in [-0.39, 0.29) is 11.4 Å². The zero-order valence-electron chi connectivity index (χ0n) is 11.2. The van der Waals surface area contributed by atoms with Gasteiger partial charge in [-0.1, -0.05) is 6.07 Å².